The Morgan fingerprint density at radius 1 is 0.494 bits per heavy atom. The highest BCUT2D eigenvalue weighted by atomic mass is 19.4. The molecule has 0 radical (unpaired) electrons. The summed E-state index contributed by atoms with van der Waals surface area (Å²) in [4.78, 5) is 74.2. The number of rotatable bonds is 27. The van der Waals surface area contributed by atoms with Crippen LogP contribution in [0.15, 0.2) is 158 Å². The summed E-state index contributed by atoms with van der Waals surface area (Å²) >= 11 is 0. The fourth-order valence-corrected chi connectivity index (χ4v) is 7.55. The Bertz CT molecular complexity index is 2880. The molecule has 0 aliphatic heterocycles. The molecule has 0 saturated heterocycles. The smallest absolute Gasteiger partial charge is 0.389 e. The molecule has 0 aliphatic rings. The standard InChI is InChI=1S/C58H51F5N2O14/c1-56(59,60)32-2-34-74-48-26-14-44(15-27-48)54(68)78-50-22-8-40(9-23-50)12-30-52(66)76-38-57(36-42-4-18-46(19-5-42)64(70)71,37-43-6-20-47(21-7-43)65(72)73)39-77-53(67)31-13-41-10-24-51(25-11-41)79-55(69)45-16-28-49(29-17-45)75-35-3-33-58(61,62)63/h4-31H,2-3,32-39H2,1H3/b30-12+,31-13+. The molecule has 0 bridgehead atoms. The largest absolute Gasteiger partial charge is 0.494 e. The number of nitro benzene ring substituents is 2. The number of hydrogen-bond acceptors (Lipinski definition) is 14. The van der Waals surface area contributed by atoms with Crippen molar-refractivity contribution < 1.29 is 79.4 Å². The number of carbonyl (C=O) groups excluding carboxylic acids is 4. The monoisotopic (exact) mass is 1090 g/mol. The van der Waals surface area contributed by atoms with Gasteiger partial charge in [0.1, 0.15) is 36.2 Å². The van der Waals surface area contributed by atoms with E-state index in [9.17, 15) is 61.4 Å². The molecule has 0 aliphatic carbocycles. The van der Waals surface area contributed by atoms with Crippen molar-refractivity contribution in [1.82, 2.24) is 0 Å². The van der Waals surface area contributed by atoms with Crippen LogP contribution >= 0.6 is 0 Å². The third-order valence-electron chi connectivity index (χ3n) is 11.6. The van der Waals surface area contributed by atoms with Crippen LogP contribution in [0.5, 0.6) is 23.0 Å². The van der Waals surface area contributed by atoms with E-state index < -0.39 is 57.7 Å². The van der Waals surface area contributed by atoms with Crippen molar-refractivity contribution in [2.75, 3.05) is 26.4 Å². The number of ether oxygens (including phenoxy) is 6. The Balaban J connectivity index is 1.10. The van der Waals surface area contributed by atoms with E-state index in [-0.39, 0.29) is 98.3 Å². The first kappa shape index (κ1) is 59.0. The maximum absolute atomic E-state index is 13.4. The molecular formula is C58H51F5N2O14. The van der Waals surface area contributed by atoms with E-state index in [1.165, 1.54) is 133 Å². The maximum Gasteiger partial charge on any atom is 0.389 e. The molecule has 0 spiro atoms. The fourth-order valence-electron chi connectivity index (χ4n) is 7.55. The van der Waals surface area contributed by atoms with E-state index in [1.807, 2.05) is 0 Å². The average molecular weight is 1100 g/mol. The molecule has 0 N–H and O–H groups in total. The molecule has 79 heavy (non-hydrogen) atoms. The number of non-ortho nitro benzene ring substituents is 2. The fraction of sp³-hybridized carbons (Fsp3) is 0.241. The zero-order chi connectivity index (χ0) is 57.0. The minimum Gasteiger partial charge on any atom is -0.494 e. The minimum atomic E-state index is -4.29. The number of nitro groups is 2. The summed E-state index contributed by atoms with van der Waals surface area (Å²) in [6.07, 6.45) is -0.460. The second-order valence-electron chi connectivity index (χ2n) is 18.1. The predicted octanol–water partition coefficient (Wildman–Crippen LogP) is 12.8. The highest BCUT2D eigenvalue weighted by molar-refractivity contribution is 5.92. The molecule has 6 rings (SSSR count). The van der Waals surface area contributed by atoms with E-state index in [0.29, 0.717) is 28.0 Å². The Hall–Kier alpha value is -9.27. The Morgan fingerprint density at radius 3 is 1.19 bits per heavy atom. The zero-order valence-corrected chi connectivity index (χ0v) is 42.2. The van der Waals surface area contributed by atoms with Gasteiger partial charge >= 0.3 is 30.1 Å². The lowest BCUT2D eigenvalue weighted by Gasteiger charge is -2.33. The maximum atomic E-state index is 13.4. The van der Waals surface area contributed by atoms with Gasteiger partial charge in [-0.2, -0.15) is 13.2 Å². The molecule has 0 saturated carbocycles. The van der Waals surface area contributed by atoms with Crippen LogP contribution in [0.3, 0.4) is 0 Å². The van der Waals surface area contributed by atoms with Gasteiger partial charge in [0.05, 0.1) is 34.2 Å². The molecule has 0 unspecified atom stereocenters. The first-order chi connectivity index (χ1) is 37.6. The molecule has 0 aromatic heterocycles. The molecule has 16 nitrogen and oxygen atoms in total. The highest BCUT2D eigenvalue weighted by Gasteiger charge is 2.35. The van der Waals surface area contributed by atoms with Gasteiger partial charge in [-0.15, -0.1) is 0 Å². The molecule has 6 aromatic carbocycles. The number of halogens is 5. The summed E-state index contributed by atoms with van der Waals surface area (Å²) in [5, 5.41) is 23.0. The first-order valence-electron chi connectivity index (χ1n) is 24.3. The number of hydrogen-bond donors (Lipinski definition) is 0. The van der Waals surface area contributed by atoms with Crippen LogP contribution in [0.2, 0.25) is 0 Å². The van der Waals surface area contributed by atoms with Gasteiger partial charge in [0.15, 0.2) is 0 Å². The van der Waals surface area contributed by atoms with Gasteiger partial charge in [0, 0.05) is 54.7 Å². The van der Waals surface area contributed by atoms with Crippen molar-refractivity contribution in [3.8, 4) is 23.0 Å². The second-order valence-corrected chi connectivity index (χ2v) is 18.1. The molecule has 0 fully saturated rings. The summed E-state index contributed by atoms with van der Waals surface area (Å²) in [7, 11) is 0. The van der Waals surface area contributed by atoms with Crippen LogP contribution in [0, 0.1) is 25.6 Å². The van der Waals surface area contributed by atoms with Crippen LogP contribution in [0.1, 0.15) is 75.6 Å². The van der Waals surface area contributed by atoms with Crippen molar-refractivity contribution in [3.05, 3.63) is 211 Å². The predicted molar refractivity (Wildman–Crippen MR) is 278 cm³/mol. The molecule has 6 aromatic rings. The van der Waals surface area contributed by atoms with Gasteiger partial charge in [-0.25, -0.2) is 28.0 Å². The van der Waals surface area contributed by atoms with E-state index in [1.54, 1.807) is 24.3 Å². The zero-order valence-electron chi connectivity index (χ0n) is 42.2. The molecular weight excluding hydrogens is 1040 g/mol. The number of alkyl halides is 5. The van der Waals surface area contributed by atoms with Crippen LogP contribution in [0.4, 0.5) is 33.3 Å². The highest BCUT2D eigenvalue weighted by Crippen LogP contribution is 2.32. The summed E-state index contributed by atoms with van der Waals surface area (Å²) in [6, 6.07) is 35.0. The van der Waals surface area contributed by atoms with Crippen molar-refractivity contribution in [2.45, 2.75) is 57.5 Å². The summed E-state index contributed by atoms with van der Waals surface area (Å²) < 4.78 is 96.6. The molecule has 412 valence electrons. The topological polar surface area (TPSA) is 210 Å². The van der Waals surface area contributed by atoms with E-state index in [0.717, 1.165) is 19.1 Å². The number of esters is 4. The minimum absolute atomic E-state index is 0.0281. The normalized spacial score (nSPS) is 11.7. The Morgan fingerprint density at radius 2 is 0.848 bits per heavy atom. The molecule has 21 heteroatoms. The second kappa shape index (κ2) is 27.7. The SMILES string of the molecule is CC(F)(F)CCCOc1ccc(C(=O)Oc2ccc(/C=C/C(=O)OCC(COC(=O)/C=C/c3ccc(OC(=O)c4ccc(OCCCC(F)(F)F)cc4)cc3)(Cc3ccc([N+](=O)[O-])cc3)Cc3ccc([N+](=O)[O-])cc3)cc2)cc1. The van der Waals surface area contributed by atoms with Crippen molar-refractivity contribution in [3.63, 3.8) is 0 Å². The first-order valence-corrected chi connectivity index (χ1v) is 24.3. The third-order valence-corrected chi connectivity index (χ3v) is 11.6. The number of nitrogens with zero attached hydrogens (tertiary/aromatic N) is 2. The van der Waals surface area contributed by atoms with Crippen LogP contribution in [0.25, 0.3) is 12.2 Å². The molecule has 0 heterocycles. The third kappa shape index (κ3) is 20.3. The quantitative estimate of drug-likeness (QED) is 0.00894. The van der Waals surface area contributed by atoms with Gasteiger partial charge < -0.3 is 28.4 Å². The van der Waals surface area contributed by atoms with Crippen LogP contribution < -0.4 is 18.9 Å². The lowest BCUT2D eigenvalue weighted by atomic mass is 9.77. The number of carbonyl (C=O) groups is 4. The van der Waals surface area contributed by atoms with E-state index in [2.05, 4.69) is 0 Å². The average Bonchev–Trinajstić information content (AvgIpc) is 3.42. The Labute approximate surface area is 449 Å². The van der Waals surface area contributed by atoms with Crippen molar-refractivity contribution in [1.29, 1.82) is 0 Å². The van der Waals surface area contributed by atoms with Gasteiger partial charge in [-0.1, -0.05) is 48.5 Å². The summed E-state index contributed by atoms with van der Waals surface area (Å²) in [6.45, 7) is -0.0153. The number of benzene rings is 6. The lowest BCUT2D eigenvalue weighted by molar-refractivity contribution is -0.385. The van der Waals surface area contributed by atoms with E-state index in [4.69, 9.17) is 28.4 Å². The van der Waals surface area contributed by atoms with Crippen LogP contribution in [-0.4, -0.2) is 72.3 Å². The van der Waals surface area contributed by atoms with Crippen LogP contribution in [-0.2, 0) is 31.9 Å². The van der Waals surface area contributed by atoms with Gasteiger partial charge in [-0.05, 0) is 140 Å². The molecule has 0 atom stereocenters. The molecule has 0 amide bonds. The van der Waals surface area contributed by atoms with Gasteiger partial charge in [0.2, 0.25) is 5.92 Å². The summed E-state index contributed by atoms with van der Waals surface area (Å²) in [5.41, 5.74) is 0.792. The van der Waals surface area contributed by atoms with Gasteiger partial charge in [-0.3, -0.25) is 20.2 Å². The summed E-state index contributed by atoms with van der Waals surface area (Å²) in [5.74, 6) is -4.79. The van der Waals surface area contributed by atoms with E-state index >= 15 is 0 Å². The lowest BCUT2D eigenvalue weighted by Crippen LogP contribution is -2.38. The van der Waals surface area contributed by atoms with Crippen molar-refractivity contribution >= 4 is 47.4 Å². The van der Waals surface area contributed by atoms with Crippen molar-refractivity contribution in [2.24, 2.45) is 5.41 Å². The van der Waals surface area contributed by atoms with Gasteiger partial charge in [0.25, 0.3) is 11.4 Å². The Kier molecular flexibility index (Phi) is 20.7.